The summed E-state index contributed by atoms with van der Waals surface area (Å²) in [6.45, 7) is 19.4. The molecule has 0 bridgehead atoms. The van der Waals surface area contributed by atoms with Crippen molar-refractivity contribution < 1.29 is 86.0 Å². The van der Waals surface area contributed by atoms with Gasteiger partial charge in [-0.1, -0.05) is 65.8 Å². The number of rotatable bonds is 19. The van der Waals surface area contributed by atoms with E-state index in [2.05, 4.69) is 5.32 Å². The number of alkyl carbamates (subject to hydrolysis) is 1. The zero-order valence-corrected chi connectivity index (χ0v) is 39.9. The van der Waals surface area contributed by atoms with Gasteiger partial charge in [-0.3, -0.25) is 14.4 Å². The number of esters is 2. The van der Waals surface area contributed by atoms with Crippen LogP contribution in [0, 0.1) is 23.7 Å². The number of halogens is 3. The molecule has 0 aliphatic heterocycles. The highest BCUT2D eigenvalue weighted by molar-refractivity contribution is 5.75. The van der Waals surface area contributed by atoms with Crippen LogP contribution in [0.2, 0.25) is 0 Å². The van der Waals surface area contributed by atoms with Crippen molar-refractivity contribution in [2.75, 3.05) is 39.3 Å². The van der Waals surface area contributed by atoms with Crippen molar-refractivity contribution in [3.05, 3.63) is 59.7 Å². The standard InChI is InChI=1S/C24H38N2O8.C19H30N2O6.C2HF3O/c1-8-26(14-19(28)17-10-9-11-18(27)12-17)23(31)33-21(15(2)3)32-20(29)16(4)13-25-22(30)34-24(5,6)7;1-5-21(11-16(23)14-7-6-8-15(22)9-14)19(25)27-18(12(2)3)26-17(24)13(4)10-20;3-2(4,5)1-6/h9-12,15-16,19,21,27-28H,8,13-14H2,1-7H3,(H,25,30);6-9,12-13,16,18,22-23H,5,10-11,20H2,1-4H3;1H. The Morgan fingerprint density at radius 3 is 1.37 bits per heavy atom. The first kappa shape index (κ1) is 61.1. The molecule has 2 aromatic rings. The highest BCUT2D eigenvalue weighted by Crippen LogP contribution is 2.22. The largest absolute Gasteiger partial charge is 0.508 e. The van der Waals surface area contributed by atoms with Gasteiger partial charge >= 0.3 is 36.4 Å². The molecule has 0 saturated heterocycles. The third-order valence-electron chi connectivity index (χ3n) is 8.81. The first-order valence-electron chi connectivity index (χ1n) is 21.4. The van der Waals surface area contributed by atoms with Crippen LogP contribution >= 0.6 is 0 Å². The molecule has 0 aliphatic rings. The third kappa shape index (κ3) is 25.6. The zero-order valence-electron chi connectivity index (χ0n) is 39.9. The highest BCUT2D eigenvalue weighted by Gasteiger charge is 2.31. The average Bonchev–Trinajstić information content (AvgIpc) is 3.24. The number of hydrogen-bond acceptors (Lipinski definition) is 16. The van der Waals surface area contributed by atoms with E-state index < -0.39 is 84.9 Å². The second kappa shape index (κ2) is 29.7. The van der Waals surface area contributed by atoms with Gasteiger partial charge in [0.1, 0.15) is 17.1 Å². The van der Waals surface area contributed by atoms with Gasteiger partial charge in [0.15, 0.2) is 0 Å². The number of alkyl halides is 3. The molecular weight excluding hydrogens is 894 g/mol. The summed E-state index contributed by atoms with van der Waals surface area (Å²) in [5.41, 5.74) is 5.72. The van der Waals surface area contributed by atoms with E-state index in [0.29, 0.717) is 11.1 Å². The van der Waals surface area contributed by atoms with Gasteiger partial charge in [0.25, 0.3) is 12.6 Å². The summed E-state index contributed by atoms with van der Waals surface area (Å²) in [4.78, 5) is 72.6. The Kier molecular flexibility index (Phi) is 27.1. The summed E-state index contributed by atoms with van der Waals surface area (Å²) in [5, 5.41) is 42.4. The third-order valence-corrected chi connectivity index (χ3v) is 8.81. The molecule has 6 atom stereocenters. The molecule has 67 heavy (non-hydrogen) atoms. The van der Waals surface area contributed by atoms with Crippen LogP contribution in [0.4, 0.5) is 27.6 Å². The summed E-state index contributed by atoms with van der Waals surface area (Å²) in [6.07, 6.45) is -12.1. The number of carbonyl (C=O) groups excluding carboxylic acids is 6. The second-order valence-electron chi connectivity index (χ2n) is 16.7. The maximum absolute atomic E-state index is 12.7. The van der Waals surface area contributed by atoms with E-state index in [1.54, 1.807) is 100 Å². The van der Waals surface area contributed by atoms with Crippen LogP contribution in [0.5, 0.6) is 11.5 Å². The van der Waals surface area contributed by atoms with Crippen LogP contribution < -0.4 is 11.1 Å². The number of aliphatic hydroxyl groups excluding tert-OH is 2. The monoisotopic (exact) mass is 962 g/mol. The number of phenolic OH excluding ortho intramolecular Hbond substituents is 2. The first-order valence-corrected chi connectivity index (χ1v) is 21.4. The van der Waals surface area contributed by atoms with Crippen LogP contribution in [0.15, 0.2) is 48.5 Å². The summed E-state index contributed by atoms with van der Waals surface area (Å²) < 4.78 is 57.8. The number of ether oxygens (including phenoxy) is 5. The Morgan fingerprint density at radius 2 is 1.07 bits per heavy atom. The lowest BCUT2D eigenvalue weighted by Gasteiger charge is -2.28. The molecule has 19 nitrogen and oxygen atoms in total. The SMILES string of the molecule is CCN(CC(O)c1cccc(O)c1)C(=O)OC(OC(=O)C(C)CN)C(C)C.CCN(CC(O)c1cccc(O)c1)C(=O)OC(OC(=O)C(C)CNC(=O)OC(C)(C)C)C(C)C.O=CC(F)(F)F. The molecule has 0 aromatic heterocycles. The Hall–Kier alpha value is -5.87. The van der Waals surface area contributed by atoms with Gasteiger partial charge in [-0.2, -0.15) is 13.2 Å². The molecule has 0 spiro atoms. The summed E-state index contributed by atoms with van der Waals surface area (Å²) in [6, 6.07) is 12.3. The van der Waals surface area contributed by atoms with E-state index >= 15 is 0 Å². The van der Waals surface area contributed by atoms with Crippen molar-refractivity contribution in [1.82, 2.24) is 15.1 Å². The highest BCUT2D eigenvalue weighted by atomic mass is 19.4. The maximum atomic E-state index is 12.7. The van der Waals surface area contributed by atoms with Gasteiger partial charge in [-0.15, -0.1) is 0 Å². The predicted octanol–water partition coefficient (Wildman–Crippen LogP) is 6.32. The molecule has 0 radical (unpaired) electrons. The van der Waals surface area contributed by atoms with Gasteiger partial charge < -0.3 is 65.0 Å². The van der Waals surface area contributed by atoms with Gasteiger partial charge in [-0.25, -0.2) is 14.4 Å². The van der Waals surface area contributed by atoms with E-state index in [4.69, 9.17) is 34.2 Å². The molecule has 22 heteroatoms. The van der Waals surface area contributed by atoms with E-state index in [9.17, 15) is 57.6 Å². The molecule has 3 amide bonds. The second-order valence-corrected chi connectivity index (χ2v) is 16.7. The minimum Gasteiger partial charge on any atom is -0.508 e. The Bertz CT molecular complexity index is 1840. The Morgan fingerprint density at radius 1 is 0.701 bits per heavy atom. The molecular formula is C45H69F3N4O15. The van der Waals surface area contributed by atoms with Crippen molar-refractivity contribution in [3.63, 3.8) is 0 Å². The van der Waals surface area contributed by atoms with E-state index in [-0.39, 0.29) is 62.6 Å². The Balaban J connectivity index is 0.00000118. The number of aromatic hydroxyl groups is 2. The van der Waals surface area contributed by atoms with E-state index in [0.717, 1.165) is 0 Å². The van der Waals surface area contributed by atoms with Crippen molar-refractivity contribution in [2.24, 2.45) is 29.4 Å². The molecule has 0 heterocycles. The molecule has 0 fully saturated rings. The zero-order chi connectivity index (χ0) is 51.8. The fourth-order valence-electron chi connectivity index (χ4n) is 4.89. The fraction of sp³-hybridized carbons (Fsp3) is 0.600. The van der Waals surface area contributed by atoms with Gasteiger partial charge in [0.05, 0.1) is 37.1 Å². The number of nitrogens with zero attached hydrogens (tertiary/aromatic N) is 2. The first-order chi connectivity index (χ1) is 31.0. The van der Waals surface area contributed by atoms with Crippen LogP contribution in [0.1, 0.15) is 99.5 Å². The number of amides is 3. The number of nitrogens with one attached hydrogen (secondary N) is 1. The molecule has 0 aliphatic carbocycles. The number of nitrogens with two attached hydrogens (primary N) is 1. The van der Waals surface area contributed by atoms with Gasteiger partial charge in [-0.05, 0) is 70.0 Å². The molecule has 6 unspecified atom stereocenters. The molecule has 2 rings (SSSR count). The normalized spacial score (nSPS) is 13.9. The number of aldehydes is 1. The minimum absolute atomic E-state index is 0.00392. The maximum Gasteiger partial charge on any atom is 0.446 e. The predicted molar refractivity (Wildman–Crippen MR) is 237 cm³/mol. The number of benzene rings is 2. The molecule has 7 N–H and O–H groups in total. The lowest BCUT2D eigenvalue weighted by Crippen LogP contribution is -2.41. The fourth-order valence-corrected chi connectivity index (χ4v) is 4.89. The van der Waals surface area contributed by atoms with Crippen molar-refractivity contribution in [3.8, 4) is 11.5 Å². The molecule has 380 valence electrons. The lowest BCUT2D eigenvalue weighted by molar-refractivity contribution is -0.181. The number of aliphatic hydroxyl groups is 2. The summed E-state index contributed by atoms with van der Waals surface area (Å²) in [5.74, 6) is -2.95. The van der Waals surface area contributed by atoms with Crippen molar-refractivity contribution >= 4 is 36.5 Å². The van der Waals surface area contributed by atoms with Crippen LogP contribution in [-0.2, 0) is 38.1 Å². The van der Waals surface area contributed by atoms with Crippen LogP contribution in [0.25, 0.3) is 0 Å². The molecule has 0 saturated carbocycles. The van der Waals surface area contributed by atoms with E-state index in [1.165, 1.54) is 34.1 Å². The number of carbonyl (C=O) groups is 6. The number of phenols is 2. The molecule has 2 aromatic carbocycles. The van der Waals surface area contributed by atoms with Crippen molar-refractivity contribution in [1.29, 1.82) is 0 Å². The van der Waals surface area contributed by atoms with E-state index in [1.807, 2.05) is 0 Å². The Labute approximate surface area is 389 Å². The van der Waals surface area contributed by atoms with Gasteiger partial charge in [0, 0.05) is 38.0 Å². The number of likely N-dealkylation sites (N-methyl/N-ethyl adjacent to an activating group) is 2. The van der Waals surface area contributed by atoms with Crippen molar-refractivity contribution in [2.45, 2.75) is 113 Å². The summed E-state index contributed by atoms with van der Waals surface area (Å²) >= 11 is 0. The topological polar surface area (TPSA) is 274 Å². The number of hydrogen-bond donors (Lipinski definition) is 6. The van der Waals surface area contributed by atoms with Gasteiger partial charge in [0.2, 0.25) is 6.29 Å². The smallest absolute Gasteiger partial charge is 0.446 e. The lowest BCUT2D eigenvalue weighted by atomic mass is 10.1. The average molecular weight is 963 g/mol. The summed E-state index contributed by atoms with van der Waals surface area (Å²) in [7, 11) is 0. The van der Waals surface area contributed by atoms with Crippen LogP contribution in [0.3, 0.4) is 0 Å². The quantitative estimate of drug-likeness (QED) is 0.0389. The van der Waals surface area contributed by atoms with Crippen LogP contribution in [-0.4, -0.2) is 130 Å². The minimum atomic E-state index is -4.64.